The highest BCUT2D eigenvalue weighted by Crippen LogP contribution is 2.17. The van der Waals surface area contributed by atoms with E-state index < -0.39 is 0 Å². The topological polar surface area (TPSA) is 25.8 Å². The lowest BCUT2D eigenvalue weighted by molar-refractivity contribution is 0.608. The van der Waals surface area contributed by atoms with Gasteiger partial charge in [-0.1, -0.05) is 0 Å². The summed E-state index contributed by atoms with van der Waals surface area (Å²) in [6, 6.07) is 5.72. The molecule has 2 aromatic heterocycles. The van der Waals surface area contributed by atoms with Gasteiger partial charge in [-0.25, -0.2) is 18.7 Å². The summed E-state index contributed by atoms with van der Waals surface area (Å²) in [5.41, 5.74) is 1.70. The highest BCUT2D eigenvalue weighted by Gasteiger charge is 2.06. The van der Waals surface area contributed by atoms with E-state index in [1.807, 2.05) is 0 Å². The van der Waals surface area contributed by atoms with Crippen LogP contribution in [0, 0.1) is 25.5 Å². The van der Waals surface area contributed by atoms with E-state index in [4.69, 9.17) is 0 Å². The van der Waals surface area contributed by atoms with Crippen LogP contribution in [-0.4, -0.2) is 9.97 Å². The van der Waals surface area contributed by atoms with E-state index >= 15 is 0 Å². The van der Waals surface area contributed by atoms with E-state index in [-0.39, 0.29) is 11.6 Å². The molecule has 2 nitrogen and oxygen atoms in total. The SMILES string of the molecule is Cc1nc(-c2ccc(F)c(C)n2)ccc1F. The number of aryl methyl sites for hydroxylation is 2. The van der Waals surface area contributed by atoms with Crippen LogP contribution in [0.25, 0.3) is 11.4 Å². The van der Waals surface area contributed by atoms with Gasteiger partial charge in [0.05, 0.1) is 22.8 Å². The molecule has 0 bridgehead atoms. The Labute approximate surface area is 92.0 Å². The van der Waals surface area contributed by atoms with Crippen molar-refractivity contribution >= 4 is 0 Å². The van der Waals surface area contributed by atoms with Crippen LogP contribution in [-0.2, 0) is 0 Å². The zero-order valence-corrected chi connectivity index (χ0v) is 8.96. The summed E-state index contributed by atoms with van der Waals surface area (Å²) in [4.78, 5) is 8.11. The molecule has 0 unspecified atom stereocenters. The van der Waals surface area contributed by atoms with E-state index in [9.17, 15) is 8.78 Å². The van der Waals surface area contributed by atoms with E-state index in [1.165, 1.54) is 24.3 Å². The lowest BCUT2D eigenvalue weighted by atomic mass is 10.2. The number of halogens is 2. The minimum atomic E-state index is -0.359. The second kappa shape index (κ2) is 3.96. The zero-order valence-electron chi connectivity index (χ0n) is 8.96. The maximum absolute atomic E-state index is 13.0. The Balaban J connectivity index is 2.50. The number of hydrogen-bond donors (Lipinski definition) is 0. The van der Waals surface area contributed by atoms with Crippen molar-refractivity contribution in [1.29, 1.82) is 0 Å². The Morgan fingerprint density at radius 1 is 0.750 bits per heavy atom. The molecule has 0 atom stereocenters. The average Bonchev–Trinajstić information content (AvgIpc) is 2.26. The van der Waals surface area contributed by atoms with Crippen molar-refractivity contribution in [2.75, 3.05) is 0 Å². The van der Waals surface area contributed by atoms with Gasteiger partial charge in [-0.2, -0.15) is 0 Å². The van der Waals surface area contributed by atoms with Gasteiger partial charge in [-0.15, -0.1) is 0 Å². The van der Waals surface area contributed by atoms with Crippen molar-refractivity contribution in [1.82, 2.24) is 9.97 Å². The molecule has 0 saturated carbocycles. The standard InChI is InChI=1S/C12H10F2N2/c1-7-9(13)3-5-11(15-7)12-6-4-10(14)8(2)16-12/h3-6H,1-2H3. The lowest BCUT2D eigenvalue weighted by Gasteiger charge is -2.03. The molecule has 0 aliphatic rings. The van der Waals surface area contributed by atoms with Crippen molar-refractivity contribution in [3.05, 3.63) is 47.3 Å². The van der Waals surface area contributed by atoms with Gasteiger partial charge in [-0.3, -0.25) is 0 Å². The second-order valence-corrected chi connectivity index (χ2v) is 3.53. The first-order valence-corrected chi connectivity index (χ1v) is 4.84. The van der Waals surface area contributed by atoms with Crippen LogP contribution in [0.15, 0.2) is 24.3 Å². The van der Waals surface area contributed by atoms with Crippen LogP contribution in [0.3, 0.4) is 0 Å². The number of pyridine rings is 2. The summed E-state index contributed by atoms with van der Waals surface area (Å²) in [5, 5.41) is 0. The summed E-state index contributed by atoms with van der Waals surface area (Å²) in [6.45, 7) is 3.16. The Bertz CT molecular complexity index is 489. The summed E-state index contributed by atoms with van der Waals surface area (Å²) in [5.74, 6) is -0.717. The number of aromatic nitrogens is 2. The van der Waals surface area contributed by atoms with Gasteiger partial charge in [0.15, 0.2) is 0 Å². The fourth-order valence-electron chi connectivity index (χ4n) is 1.37. The minimum absolute atomic E-state index is 0.307. The lowest BCUT2D eigenvalue weighted by Crippen LogP contribution is -1.95. The monoisotopic (exact) mass is 220 g/mol. The highest BCUT2D eigenvalue weighted by molar-refractivity contribution is 5.54. The molecule has 0 amide bonds. The maximum Gasteiger partial charge on any atom is 0.144 e. The smallest absolute Gasteiger partial charge is 0.144 e. The van der Waals surface area contributed by atoms with E-state index in [0.717, 1.165) is 0 Å². The Morgan fingerprint density at radius 3 is 1.44 bits per heavy atom. The predicted octanol–water partition coefficient (Wildman–Crippen LogP) is 3.04. The molecule has 0 radical (unpaired) electrons. The third-order valence-electron chi connectivity index (χ3n) is 2.31. The maximum atomic E-state index is 13.0. The Hall–Kier alpha value is -1.84. The quantitative estimate of drug-likeness (QED) is 0.738. The summed E-state index contributed by atoms with van der Waals surface area (Å²) >= 11 is 0. The molecular formula is C12H10F2N2. The van der Waals surface area contributed by atoms with Gasteiger partial charge < -0.3 is 0 Å². The van der Waals surface area contributed by atoms with Crippen molar-refractivity contribution in [2.24, 2.45) is 0 Å². The highest BCUT2D eigenvalue weighted by atomic mass is 19.1. The van der Waals surface area contributed by atoms with Crippen molar-refractivity contribution in [3.63, 3.8) is 0 Å². The predicted molar refractivity (Wildman–Crippen MR) is 56.9 cm³/mol. The third-order valence-corrected chi connectivity index (χ3v) is 2.31. The molecule has 0 aliphatic heterocycles. The molecule has 4 heteroatoms. The molecule has 82 valence electrons. The van der Waals surface area contributed by atoms with Gasteiger partial charge >= 0.3 is 0 Å². The number of hydrogen-bond acceptors (Lipinski definition) is 2. The number of rotatable bonds is 1. The summed E-state index contributed by atoms with van der Waals surface area (Å²) < 4.78 is 26.0. The summed E-state index contributed by atoms with van der Waals surface area (Å²) in [6.07, 6.45) is 0. The molecule has 2 heterocycles. The van der Waals surface area contributed by atoms with Crippen LogP contribution in [0.5, 0.6) is 0 Å². The van der Waals surface area contributed by atoms with Gasteiger partial charge in [-0.05, 0) is 38.1 Å². The van der Waals surface area contributed by atoms with Crippen LogP contribution >= 0.6 is 0 Å². The van der Waals surface area contributed by atoms with E-state index in [1.54, 1.807) is 13.8 Å². The Kier molecular flexibility index (Phi) is 2.64. The molecule has 2 aromatic rings. The molecule has 0 aromatic carbocycles. The molecule has 0 fully saturated rings. The van der Waals surface area contributed by atoms with Crippen LogP contribution < -0.4 is 0 Å². The largest absolute Gasteiger partial charge is 0.248 e. The minimum Gasteiger partial charge on any atom is -0.248 e. The van der Waals surface area contributed by atoms with Crippen molar-refractivity contribution < 1.29 is 8.78 Å². The first kappa shape index (κ1) is 10.7. The zero-order chi connectivity index (χ0) is 11.7. The average molecular weight is 220 g/mol. The first-order valence-electron chi connectivity index (χ1n) is 4.84. The third kappa shape index (κ3) is 1.91. The van der Waals surface area contributed by atoms with Gasteiger partial charge in [0.25, 0.3) is 0 Å². The summed E-state index contributed by atoms with van der Waals surface area (Å²) in [7, 11) is 0. The van der Waals surface area contributed by atoms with Crippen LogP contribution in [0.2, 0.25) is 0 Å². The molecule has 16 heavy (non-hydrogen) atoms. The first-order chi connectivity index (χ1) is 7.58. The van der Waals surface area contributed by atoms with Crippen LogP contribution in [0.4, 0.5) is 8.78 Å². The molecule has 0 saturated heterocycles. The number of nitrogens with zero attached hydrogens (tertiary/aromatic N) is 2. The Morgan fingerprint density at radius 2 is 1.12 bits per heavy atom. The van der Waals surface area contributed by atoms with Crippen LogP contribution in [0.1, 0.15) is 11.4 Å². The fourth-order valence-corrected chi connectivity index (χ4v) is 1.37. The molecule has 0 aliphatic carbocycles. The fraction of sp³-hybridized carbons (Fsp3) is 0.167. The van der Waals surface area contributed by atoms with Gasteiger partial charge in [0, 0.05) is 0 Å². The van der Waals surface area contributed by atoms with Gasteiger partial charge in [0.2, 0.25) is 0 Å². The second-order valence-electron chi connectivity index (χ2n) is 3.53. The van der Waals surface area contributed by atoms with Crippen molar-refractivity contribution in [2.45, 2.75) is 13.8 Å². The molecule has 0 spiro atoms. The van der Waals surface area contributed by atoms with Crippen molar-refractivity contribution in [3.8, 4) is 11.4 Å². The van der Waals surface area contributed by atoms with E-state index in [2.05, 4.69) is 9.97 Å². The van der Waals surface area contributed by atoms with E-state index in [0.29, 0.717) is 22.8 Å². The molecular weight excluding hydrogens is 210 g/mol. The molecule has 0 N–H and O–H groups in total. The molecule has 2 rings (SSSR count). The van der Waals surface area contributed by atoms with Gasteiger partial charge in [0.1, 0.15) is 11.6 Å². The normalized spacial score (nSPS) is 10.5.